The maximum absolute atomic E-state index is 12.1. The summed E-state index contributed by atoms with van der Waals surface area (Å²) >= 11 is 0. The zero-order chi connectivity index (χ0) is 17.7. The molecule has 2 N–H and O–H groups in total. The molecular formula is C19H22N2O3. The number of aromatic hydroxyl groups is 1. The molecule has 0 saturated heterocycles. The molecule has 0 radical (unpaired) electrons. The molecule has 5 nitrogen and oxygen atoms in total. The van der Waals surface area contributed by atoms with Crippen molar-refractivity contribution in [3.05, 3.63) is 59.2 Å². The first-order chi connectivity index (χ1) is 11.3. The number of amides is 1. The van der Waals surface area contributed by atoms with E-state index in [0.717, 1.165) is 5.56 Å². The van der Waals surface area contributed by atoms with Crippen LogP contribution in [0.5, 0.6) is 11.5 Å². The SMILES string of the molecule is COc1ccc(/C=N\NC(=O)c2ccc(C(C)(C)C)cc2)cc1O. The Morgan fingerprint density at radius 3 is 2.38 bits per heavy atom. The van der Waals surface area contributed by atoms with Gasteiger partial charge in [0.2, 0.25) is 0 Å². The summed E-state index contributed by atoms with van der Waals surface area (Å²) in [6.07, 6.45) is 1.46. The highest BCUT2D eigenvalue weighted by atomic mass is 16.5. The van der Waals surface area contributed by atoms with Crippen LogP contribution in [0.3, 0.4) is 0 Å². The molecule has 0 aliphatic rings. The predicted octanol–water partition coefficient (Wildman–Crippen LogP) is 3.46. The highest BCUT2D eigenvalue weighted by molar-refractivity contribution is 5.95. The Hall–Kier alpha value is -2.82. The molecule has 0 aliphatic carbocycles. The van der Waals surface area contributed by atoms with Gasteiger partial charge in [-0.05, 0) is 46.9 Å². The summed E-state index contributed by atoms with van der Waals surface area (Å²) in [6.45, 7) is 6.37. The number of hydrazone groups is 1. The molecule has 0 atom stereocenters. The molecule has 1 amide bonds. The molecule has 0 fully saturated rings. The van der Waals surface area contributed by atoms with Crippen molar-refractivity contribution < 1.29 is 14.6 Å². The number of phenolic OH excluding ortho intramolecular Hbond substituents is 1. The lowest BCUT2D eigenvalue weighted by Gasteiger charge is -2.18. The molecule has 0 bridgehead atoms. The summed E-state index contributed by atoms with van der Waals surface area (Å²) in [4.78, 5) is 12.1. The molecule has 0 aliphatic heterocycles. The second kappa shape index (κ2) is 7.17. The summed E-state index contributed by atoms with van der Waals surface area (Å²) in [5.74, 6) is 0.116. The number of rotatable bonds is 4. The highest BCUT2D eigenvalue weighted by Crippen LogP contribution is 2.25. The van der Waals surface area contributed by atoms with Crippen LogP contribution in [0.15, 0.2) is 47.6 Å². The van der Waals surface area contributed by atoms with Gasteiger partial charge in [0.15, 0.2) is 11.5 Å². The third kappa shape index (κ3) is 4.35. The Bertz CT molecular complexity index is 744. The highest BCUT2D eigenvalue weighted by Gasteiger charge is 2.14. The van der Waals surface area contributed by atoms with Crippen molar-refractivity contribution in [2.24, 2.45) is 5.10 Å². The van der Waals surface area contributed by atoms with Gasteiger partial charge in [-0.1, -0.05) is 32.9 Å². The lowest BCUT2D eigenvalue weighted by atomic mass is 9.87. The van der Waals surface area contributed by atoms with Crippen LogP contribution in [0, 0.1) is 0 Å². The van der Waals surface area contributed by atoms with E-state index in [-0.39, 0.29) is 17.1 Å². The third-order valence-electron chi connectivity index (χ3n) is 3.60. The van der Waals surface area contributed by atoms with Crippen LogP contribution in [0.2, 0.25) is 0 Å². The Morgan fingerprint density at radius 2 is 1.83 bits per heavy atom. The fourth-order valence-electron chi connectivity index (χ4n) is 2.14. The third-order valence-corrected chi connectivity index (χ3v) is 3.60. The first-order valence-electron chi connectivity index (χ1n) is 7.62. The van der Waals surface area contributed by atoms with Crippen molar-refractivity contribution in [3.63, 3.8) is 0 Å². The second-order valence-corrected chi connectivity index (χ2v) is 6.46. The second-order valence-electron chi connectivity index (χ2n) is 6.46. The Labute approximate surface area is 142 Å². The predicted molar refractivity (Wildman–Crippen MR) is 94.9 cm³/mol. The van der Waals surface area contributed by atoms with Gasteiger partial charge in [-0.25, -0.2) is 5.43 Å². The van der Waals surface area contributed by atoms with Gasteiger partial charge in [-0.15, -0.1) is 0 Å². The van der Waals surface area contributed by atoms with Gasteiger partial charge < -0.3 is 9.84 Å². The van der Waals surface area contributed by atoms with E-state index in [0.29, 0.717) is 16.9 Å². The topological polar surface area (TPSA) is 70.9 Å². The van der Waals surface area contributed by atoms with E-state index in [2.05, 4.69) is 31.3 Å². The Kier molecular flexibility index (Phi) is 5.24. The van der Waals surface area contributed by atoms with Crippen molar-refractivity contribution in [1.82, 2.24) is 5.43 Å². The van der Waals surface area contributed by atoms with Gasteiger partial charge >= 0.3 is 0 Å². The van der Waals surface area contributed by atoms with Crippen molar-refractivity contribution in [3.8, 4) is 11.5 Å². The van der Waals surface area contributed by atoms with Crippen molar-refractivity contribution >= 4 is 12.1 Å². The first kappa shape index (κ1) is 17.5. The number of methoxy groups -OCH3 is 1. The minimum absolute atomic E-state index is 0.0190. The van der Waals surface area contributed by atoms with E-state index in [1.165, 1.54) is 19.4 Å². The largest absolute Gasteiger partial charge is 0.504 e. The Morgan fingerprint density at radius 1 is 1.17 bits per heavy atom. The molecule has 0 heterocycles. The number of nitrogens with one attached hydrogen (secondary N) is 1. The van der Waals surface area contributed by atoms with Crippen molar-refractivity contribution in [2.75, 3.05) is 7.11 Å². The average molecular weight is 326 g/mol. The quantitative estimate of drug-likeness (QED) is 0.667. The molecule has 2 aromatic rings. The van der Waals surface area contributed by atoms with E-state index in [1.54, 1.807) is 24.3 Å². The van der Waals surface area contributed by atoms with Crippen LogP contribution in [-0.2, 0) is 5.41 Å². The summed E-state index contributed by atoms with van der Waals surface area (Å²) in [5.41, 5.74) is 4.87. The lowest BCUT2D eigenvalue weighted by Crippen LogP contribution is -2.18. The van der Waals surface area contributed by atoms with Gasteiger partial charge in [0.1, 0.15) is 0 Å². The van der Waals surface area contributed by atoms with E-state index in [9.17, 15) is 9.90 Å². The number of nitrogens with zero attached hydrogens (tertiary/aromatic N) is 1. The zero-order valence-corrected chi connectivity index (χ0v) is 14.3. The standard InChI is InChI=1S/C19H22N2O3/c1-19(2,3)15-8-6-14(7-9-15)18(23)21-20-12-13-5-10-17(24-4)16(22)11-13/h5-12,22H,1-4H3,(H,21,23)/b20-12-. The number of carbonyl (C=O) groups excluding carboxylic acids is 1. The summed E-state index contributed by atoms with van der Waals surface area (Å²) in [5, 5.41) is 13.6. The van der Waals surface area contributed by atoms with Crippen LogP contribution >= 0.6 is 0 Å². The molecule has 0 aromatic heterocycles. The first-order valence-corrected chi connectivity index (χ1v) is 7.62. The van der Waals surface area contributed by atoms with E-state index >= 15 is 0 Å². The molecule has 126 valence electrons. The normalized spacial score (nSPS) is 11.5. The number of benzene rings is 2. The molecule has 0 spiro atoms. The maximum Gasteiger partial charge on any atom is 0.271 e. The van der Waals surface area contributed by atoms with Crippen LogP contribution in [0.1, 0.15) is 42.3 Å². The fourth-order valence-corrected chi connectivity index (χ4v) is 2.14. The van der Waals surface area contributed by atoms with Crippen LogP contribution in [0.4, 0.5) is 0 Å². The van der Waals surface area contributed by atoms with Crippen LogP contribution in [0.25, 0.3) is 0 Å². The van der Waals surface area contributed by atoms with E-state index < -0.39 is 0 Å². The number of hydrogen-bond donors (Lipinski definition) is 2. The van der Waals surface area contributed by atoms with E-state index in [1.807, 2.05) is 12.1 Å². The molecule has 0 unspecified atom stereocenters. The lowest BCUT2D eigenvalue weighted by molar-refractivity contribution is 0.0955. The number of hydrogen-bond acceptors (Lipinski definition) is 4. The molecule has 5 heteroatoms. The van der Waals surface area contributed by atoms with Gasteiger partial charge in [-0.3, -0.25) is 4.79 Å². The minimum Gasteiger partial charge on any atom is -0.504 e. The van der Waals surface area contributed by atoms with Gasteiger partial charge in [0.05, 0.1) is 13.3 Å². The molecule has 24 heavy (non-hydrogen) atoms. The van der Waals surface area contributed by atoms with Crippen molar-refractivity contribution in [1.29, 1.82) is 0 Å². The van der Waals surface area contributed by atoms with Crippen LogP contribution in [-0.4, -0.2) is 24.3 Å². The summed E-state index contributed by atoms with van der Waals surface area (Å²) in [6, 6.07) is 12.3. The van der Waals surface area contributed by atoms with Crippen molar-refractivity contribution in [2.45, 2.75) is 26.2 Å². The van der Waals surface area contributed by atoms with E-state index in [4.69, 9.17) is 4.74 Å². The maximum atomic E-state index is 12.1. The summed E-state index contributed by atoms with van der Waals surface area (Å²) in [7, 11) is 1.48. The molecular weight excluding hydrogens is 304 g/mol. The Balaban J connectivity index is 2.01. The fraction of sp³-hybridized carbons (Fsp3) is 0.263. The summed E-state index contributed by atoms with van der Waals surface area (Å²) < 4.78 is 4.97. The molecule has 0 saturated carbocycles. The van der Waals surface area contributed by atoms with Gasteiger partial charge in [0, 0.05) is 5.56 Å². The van der Waals surface area contributed by atoms with Gasteiger partial charge in [0.25, 0.3) is 5.91 Å². The zero-order valence-electron chi connectivity index (χ0n) is 14.3. The average Bonchev–Trinajstić information content (AvgIpc) is 2.54. The number of phenols is 1. The molecule has 2 aromatic carbocycles. The number of carbonyl (C=O) groups is 1. The van der Waals surface area contributed by atoms with Gasteiger partial charge in [-0.2, -0.15) is 5.10 Å². The smallest absolute Gasteiger partial charge is 0.271 e. The number of ether oxygens (including phenoxy) is 1. The minimum atomic E-state index is -0.288. The van der Waals surface area contributed by atoms with Crippen LogP contribution < -0.4 is 10.2 Å². The molecule has 2 rings (SSSR count). The monoisotopic (exact) mass is 326 g/mol.